The number of nitrogens with zero attached hydrogens (tertiary/aromatic N) is 1. The van der Waals surface area contributed by atoms with Gasteiger partial charge in [0.05, 0.1) is 0 Å². The number of carboxylic acid groups (broad SMARTS) is 1. The largest absolute Gasteiger partial charge is 2.00 e. The van der Waals surface area contributed by atoms with E-state index in [1.807, 2.05) is 4.98 Å². The average Bonchev–Trinajstić information content (AvgIpc) is 2.16. The van der Waals surface area contributed by atoms with E-state index >= 15 is 0 Å². The molecule has 17 heteroatoms. The van der Waals surface area contributed by atoms with Gasteiger partial charge in [-0.1, -0.05) is 0 Å². The smallest absolute Gasteiger partial charge is 0.480 e. The van der Waals surface area contributed by atoms with Crippen LogP contribution in [0.2, 0.25) is 0 Å². The number of carboxylic acids is 1. The first kappa shape index (κ1) is 26.2. The number of H-pyrrole nitrogens is 1. The van der Waals surface area contributed by atoms with Crippen molar-refractivity contribution in [2.24, 2.45) is 0 Å². The molecule has 2 N–H and O–H groups in total. The van der Waals surface area contributed by atoms with Crippen LogP contribution in [0.15, 0.2) is 21.9 Å². The molecule has 0 saturated carbocycles. The van der Waals surface area contributed by atoms with Crippen LogP contribution in [0.3, 0.4) is 0 Å². The van der Waals surface area contributed by atoms with Crippen molar-refractivity contribution in [2.45, 2.75) is 6.54 Å². The van der Waals surface area contributed by atoms with Gasteiger partial charge in [-0.05, 0) is 0 Å². The number of rotatable bonds is 2. The SMILES string of the molecule is F[B-](F)(F)F.F[B-](F)(F)F.O=C(O)Cn1ccc(=O)[nH]c1=O.[Cu+2]. The molecule has 0 saturated heterocycles. The van der Waals surface area contributed by atoms with E-state index in [0.29, 0.717) is 0 Å². The van der Waals surface area contributed by atoms with Gasteiger partial charge in [-0.25, -0.2) is 4.79 Å². The van der Waals surface area contributed by atoms with Crippen molar-refractivity contribution in [1.82, 2.24) is 9.55 Å². The molecule has 6 nitrogen and oxygen atoms in total. The molecule has 0 unspecified atom stereocenters. The number of aromatic amines is 1. The predicted octanol–water partition coefficient (Wildman–Crippen LogP) is 1.22. The summed E-state index contributed by atoms with van der Waals surface area (Å²) >= 11 is 0. The molecule has 1 aromatic rings. The van der Waals surface area contributed by atoms with E-state index in [1.165, 1.54) is 0 Å². The Labute approximate surface area is 132 Å². The minimum atomic E-state index is -6.00. The van der Waals surface area contributed by atoms with Gasteiger partial charge in [0.25, 0.3) is 5.56 Å². The van der Waals surface area contributed by atoms with Gasteiger partial charge in [-0.3, -0.25) is 19.1 Å². The topological polar surface area (TPSA) is 92.2 Å². The molecule has 1 radical (unpaired) electrons. The number of aromatic nitrogens is 2. The fourth-order valence-corrected chi connectivity index (χ4v) is 0.714. The number of hydrogen-bond acceptors (Lipinski definition) is 3. The van der Waals surface area contributed by atoms with Crippen LogP contribution in [0.25, 0.3) is 0 Å². The van der Waals surface area contributed by atoms with Gasteiger partial charge >= 0.3 is 43.2 Å². The molecule has 1 heterocycles. The van der Waals surface area contributed by atoms with Crippen LogP contribution in [0.4, 0.5) is 34.5 Å². The van der Waals surface area contributed by atoms with E-state index in [2.05, 4.69) is 0 Å². The van der Waals surface area contributed by atoms with Gasteiger partial charge < -0.3 is 39.6 Å². The second-order valence-corrected chi connectivity index (χ2v) is 3.12. The van der Waals surface area contributed by atoms with Crippen LogP contribution in [-0.2, 0) is 28.4 Å². The third-order valence-electron chi connectivity index (χ3n) is 1.20. The van der Waals surface area contributed by atoms with Gasteiger partial charge in [-0.2, -0.15) is 0 Å². The Kier molecular flexibility index (Phi) is 12.4. The molecule has 0 spiro atoms. The van der Waals surface area contributed by atoms with Crippen molar-refractivity contribution < 1.29 is 61.5 Å². The Morgan fingerprint density at radius 1 is 1.04 bits per heavy atom. The summed E-state index contributed by atoms with van der Waals surface area (Å²) in [5.74, 6) is -1.14. The Hall–Kier alpha value is -1.76. The molecule has 0 aromatic carbocycles. The monoisotopic (exact) mass is 407 g/mol. The number of aliphatic carboxylic acids is 1. The molecule has 1 rings (SSSR count). The standard InChI is InChI=1S/C6H6N2O4.2BF4.Cu/c9-4-1-2-8(3-5(10)11)6(12)7-4;2*2-1(3,4)5;/h1-2H,3H2,(H,10,11)(H,7,9,12);;;/q;2*-1;+2. The zero-order chi connectivity index (χ0) is 18.1. The molecule has 0 amide bonds. The summed E-state index contributed by atoms with van der Waals surface area (Å²) in [6.45, 7) is -0.449. The fourth-order valence-electron chi connectivity index (χ4n) is 0.714. The first-order chi connectivity index (χ1) is 9.59. The summed E-state index contributed by atoms with van der Waals surface area (Å²) in [7, 11) is -12.0. The summed E-state index contributed by atoms with van der Waals surface area (Å²) in [4.78, 5) is 33.4. The molecule has 0 bridgehead atoms. The molecule has 1 aromatic heterocycles. The normalized spacial score (nSPS) is 10.3. The number of carbonyl (C=O) groups is 1. The third-order valence-corrected chi connectivity index (χ3v) is 1.20. The van der Waals surface area contributed by atoms with Gasteiger partial charge in [0, 0.05) is 12.3 Å². The third kappa shape index (κ3) is 29.0. The molecule has 0 aliphatic heterocycles. The van der Waals surface area contributed by atoms with Gasteiger partial charge in [0.1, 0.15) is 6.54 Å². The molecule has 137 valence electrons. The van der Waals surface area contributed by atoms with E-state index < -0.39 is 38.3 Å². The van der Waals surface area contributed by atoms with Crippen molar-refractivity contribution >= 4 is 20.5 Å². The van der Waals surface area contributed by atoms with Crippen molar-refractivity contribution in [3.8, 4) is 0 Å². The fraction of sp³-hybridized carbons (Fsp3) is 0.167. The number of halogens is 8. The Morgan fingerprint density at radius 3 is 1.65 bits per heavy atom. The van der Waals surface area contributed by atoms with Crippen molar-refractivity contribution in [1.29, 1.82) is 0 Å². The number of hydrogen-bond donors (Lipinski definition) is 2. The van der Waals surface area contributed by atoms with Crippen molar-refractivity contribution in [3.05, 3.63) is 33.1 Å². The van der Waals surface area contributed by atoms with E-state index in [-0.39, 0.29) is 17.1 Å². The predicted molar refractivity (Wildman–Crippen MR) is 59.3 cm³/mol. The summed E-state index contributed by atoms with van der Waals surface area (Å²) in [5.41, 5.74) is -1.26. The van der Waals surface area contributed by atoms with E-state index in [4.69, 9.17) is 5.11 Å². The molecule has 0 fully saturated rings. The summed E-state index contributed by atoms with van der Waals surface area (Å²) < 4.78 is 78.9. The van der Waals surface area contributed by atoms with Crippen LogP contribution < -0.4 is 11.2 Å². The molecule has 0 aliphatic carbocycles. The Morgan fingerprint density at radius 2 is 1.39 bits per heavy atom. The first-order valence-electron chi connectivity index (χ1n) is 4.86. The number of nitrogens with one attached hydrogen (secondary N) is 1. The second-order valence-electron chi connectivity index (χ2n) is 3.12. The average molecular weight is 407 g/mol. The molecule has 23 heavy (non-hydrogen) atoms. The van der Waals surface area contributed by atoms with E-state index in [9.17, 15) is 48.9 Å². The van der Waals surface area contributed by atoms with E-state index in [1.54, 1.807) is 0 Å². The van der Waals surface area contributed by atoms with Crippen LogP contribution in [0, 0.1) is 0 Å². The van der Waals surface area contributed by atoms with Crippen LogP contribution in [-0.4, -0.2) is 35.1 Å². The summed E-state index contributed by atoms with van der Waals surface area (Å²) in [6.07, 6.45) is 1.13. The maximum absolute atomic E-state index is 10.8. The van der Waals surface area contributed by atoms with Gasteiger partial charge in [-0.15, -0.1) is 0 Å². The molecular weight excluding hydrogens is 401 g/mol. The van der Waals surface area contributed by atoms with Crippen LogP contribution in [0.1, 0.15) is 0 Å². The molecule has 0 atom stereocenters. The minimum Gasteiger partial charge on any atom is -0.480 e. The summed E-state index contributed by atoms with van der Waals surface area (Å²) in [6, 6.07) is 1.09. The first-order valence-corrected chi connectivity index (χ1v) is 4.86. The second kappa shape index (κ2) is 10.9. The van der Waals surface area contributed by atoms with Gasteiger partial charge in [0.2, 0.25) is 0 Å². The van der Waals surface area contributed by atoms with Gasteiger partial charge in [0.15, 0.2) is 0 Å². The van der Waals surface area contributed by atoms with Crippen molar-refractivity contribution in [2.75, 3.05) is 0 Å². The van der Waals surface area contributed by atoms with Crippen LogP contribution in [0.5, 0.6) is 0 Å². The molecule has 0 aliphatic rings. The molecular formula is C6H6B2CuF8N2O4. The van der Waals surface area contributed by atoms with Crippen LogP contribution >= 0.6 is 0 Å². The Bertz CT molecular complexity index is 561. The van der Waals surface area contributed by atoms with Crippen molar-refractivity contribution in [3.63, 3.8) is 0 Å². The maximum Gasteiger partial charge on any atom is 2.00 e. The summed E-state index contributed by atoms with van der Waals surface area (Å²) in [5, 5.41) is 8.31. The minimum absolute atomic E-state index is 0. The quantitative estimate of drug-likeness (QED) is 0.570. The zero-order valence-corrected chi connectivity index (χ0v) is 11.4. The zero-order valence-electron chi connectivity index (χ0n) is 10.5. The Balaban J connectivity index is -0.000000307. The maximum atomic E-state index is 10.8. The van der Waals surface area contributed by atoms with E-state index in [0.717, 1.165) is 16.8 Å².